The summed E-state index contributed by atoms with van der Waals surface area (Å²) in [7, 11) is 0. The minimum absolute atomic E-state index is 0.0353. The summed E-state index contributed by atoms with van der Waals surface area (Å²) in [5.74, 6) is -0.561. The largest absolute Gasteiger partial charge is 0.348 e. The molecule has 1 aromatic carbocycles. The Kier molecular flexibility index (Phi) is 3.92. The quantitative estimate of drug-likeness (QED) is 0.629. The fourth-order valence-corrected chi connectivity index (χ4v) is 3.25. The number of nitrogens with zero attached hydrogens (tertiary/aromatic N) is 2. The van der Waals surface area contributed by atoms with Crippen LogP contribution in [0.3, 0.4) is 0 Å². The van der Waals surface area contributed by atoms with Gasteiger partial charge in [-0.3, -0.25) is 10.1 Å². The van der Waals surface area contributed by atoms with Gasteiger partial charge in [-0.15, -0.1) is 0 Å². The molecule has 2 heterocycles. The highest BCUT2D eigenvalue weighted by molar-refractivity contribution is 5.84. The lowest BCUT2D eigenvalue weighted by Gasteiger charge is -2.24. The number of aromatic nitrogens is 1. The molecule has 0 N–H and O–H groups in total. The number of nitro groups is 1. The Bertz CT molecular complexity index is 786. The van der Waals surface area contributed by atoms with Gasteiger partial charge in [-0.2, -0.15) is 0 Å². The van der Waals surface area contributed by atoms with Crippen molar-refractivity contribution < 1.29 is 14.4 Å². The summed E-state index contributed by atoms with van der Waals surface area (Å²) in [6.07, 6.45) is -0.0353. The molecule has 0 radical (unpaired) electrons. The maximum absolute atomic E-state index is 11.0. The first kappa shape index (κ1) is 16.9. The average molecular weight is 332 g/mol. The van der Waals surface area contributed by atoms with Gasteiger partial charge in [0, 0.05) is 34.1 Å². The van der Waals surface area contributed by atoms with E-state index in [1.165, 1.54) is 0 Å². The number of nitro benzene ring substituents is 1. The number of hydrogen-bond acceptors (Lipinski definition) is 4. The topological polar surface area (TPSA) is 66.5 Å². The summed E-state index contributed by atoms with van der Waals surface area (Å²) in [4.78, 5) is 10.7. The molecule has 3 rings (SSSR count). The zero-order valence-corrected chi connectivity index (χ0v) is 14.8. The van der Waals surface area contributed by atoms with Crippen molar-refractivity contribution in [3.8, 4) is 0 Å². The molecule has 6 nitrogen and oxygen atoms in total. The second-order valence-electron chi connectivity index (χ2n) is 7.84. The number of ether oxygens (including phenoxy) is 2. The Balaban J connectivity index is 2.05. The fraction of sp³-hybridized carbons (Fsp3) is 0.556. The number of hydrogen-bond donors (Lipinski definition) is 0. The number of fused-ring (bicyclic) bond motifs is 1. The highest BCUT2D eigenvalue weighted by Gasteiger charge is 2.34. The summed E-state index contributed by atoms with van der Waals surface area (Å²) < 4.78 is 13.8. The molecule has 1 atom stereocenters. The minimum Gasteiger partial charge on any atom is -0.348 e. The highest BCUT2D eigenvalue weighted by atomic mass is 16.7. The van der Waals surface area contributed by atoms with Crippen LogP contribution in [0.15, 0.2) is 24.3 Å². The van der Waals surface area contributed by atoms with E-state index in [4.69, 9.17) is 9.47 Å². The van der Waals surface area contributed by atoms with Crippen LogP contribution in [0.1, 0.15) is 40.3 Å². The third-order valence-corrected chi connectivity index (χ3v) is 4.32. The summed E-state index contributed by atoms with van der Waals surface area (Å²) in [6, 6.07) is 7.06. The van der Waals surface area contributed by atoms with Crippen LogP contribution in [0.25, 0.3) is 10.9 Å². The molecule has 0 amide bonds. The zero-order valence-electron chi connectivity index (χ0n) is 14.8. The molecular weight excluding hydrogens is 308 g/mol. The van der Waals surface area contributed by atoms with Crippen LogP contribution >= 0.6 is 0 Å². The van der Waals surface area contributed by atoms with Gasteiger partial charge in [0.15, 0.2) is 5.79 Å². The Hall–Kier alpha value is -1.92. The molecule has 0 spiro atoms. The molecular formula is C18H24N2O4. The van der Waals surface area contributed by atoms with Crippen LogP contribution in [0, 0.1) is 10.1 Å². The second kappa shape index (κ2) is 5.57. The lowest BCUT2D eigenvalue weighted by atomic mass is 9.92. The summed E-state index contributed by atoms with van der Waals surface area (Å²) in [6.45, 7) is 11.5. The summed E-state index contributed by atoms with van der Waals surface area (Å²) >= 11 is 0. The van der Waals surface area contributed by atoms with Gasteiger partial charge < -0.3 is 14.0 Å². The molecule has 0 bridgehead atoms. The van der Waals surface area contributed by atoms with E-state index in [1.807, 2.05) is 26.0 Å². The molecule has 1 saturated heterocycles. The van der Waals surface area contributed by atoms with Gasteiger partial charge in [-0.1, -0.05) is 20.8 Å². The summed E-state index contributed by atoms with van der Waals surface area (Å²) in [5.41, 5.74) is 2.15. The molecule has 0 unspecified atom stereocenters. The van der Waals surface area contributed by atoms with E-state index in [1.54, 1.807) is 12.1 Å². The number of non-ortho nitro benzene ring substituents is 1. The second-order valence-corrected chi connectivity index (χ2v) is 7.84. The van der Waals surface area contributed by atoms with Crippen LogP contribution in [0.5, 0.6) is 0 Å². The van der Waals surface area contributed by atoms with Crippen LogP contribution in [-0.2, 0) is 21.4 Å². The van der Waals surface area contributed by atoms with Gasteiger partial charge in [0.25, 0.3) is 5.69 Å². The molecule has 130 valence electrons. The van der Waals surface area contributed by atoms with Crippen molar-refractivity contribution >= 4 is 16.6 Å². The average Bonchev–Trinajstić information content (AvgIpc) is 2.99. The SMILES string of the molecule is CC1(C)OC[C@@H](Cn2c(C(C)(C)C)cc3cc([N+](=O)[O-])ccc32)O1. The van der Waals surface area contributed by atoms with Gasteiger partial charge in [0.05, 0.1) is 18.1 Å². The van der Waals surface area contributed by atoms with E-state index >= 15 is 0 Å². The van der Waals surface area contributed by atoms with Crippen LogP contribution in [0.2, 0.25) is 0 Å². The van der Waals surface area contributed by atoms with E-state index in [-0.39, 0.29) is 22.1 Å². The van der Waals surface area contributed by atoms with E-state index in [0.717, 1.165) is 16.6 Å². The molecule has 1 aromatic heterocycles. The normalized spacial score (nSPS) is 20.6. The first-order valence-corrected chi connectivity index (χ1v) is 8.17. The van der Waals surface area contributed by atoms with Crippen molar-refractivity contribution in [1.29, 1.82) is 0 Å². The van der Waals surface area contributed by atoms with Gasteiger partial charge >= 0.3 is 0 Å². The van der Waals surface area contributed by atoms with Crippen molar-refractivity contribution in [2.24, 2.45) is 0 Å². The van der Waals surface area contributed by atoms with Gasteiger partial charge in [-0.25, -0.2) is 0 Å². The first-order chi connectivity index (χ1) is 11.1. The van der Waals surface area contributed by atoms with E-state index < -0.39 is 5.79 Å². The molecule has 24 heavy (non-hydrogen) atoms. The van der Waals surface area contributed by atoms with Crippen molar-refractivity contribution in [2.45, 2.75) is 58.5 Å². The van der Waals surface area contributed by atoms with Gasteiger partial charge in [-0.05, 0) is 26.0 Å². The van der Waals surface area contributed by atoms with Crippen LogP contribution in [-0.4, -0.2) is 28.0 Å². The maximum atomic E-state index is 11.0. The minimum atomic E-state index is -0.561. The predicted molar refractivity (Wildman–Crippen MR) is 92.2 cm³/mol. The standard InChI is InChI=1S/C18H24N2O4/c1-17(2,3)16-9-12-8-13(20(21)22)6-7-15(12)19(16)10-14-11-23-18(4,5)24-14/h6-9,14H,10-11H2,1-5H3/t14-/m1/s1. The molecule has 1 aliphatic heterocycles. The molecule has 1 fully saturated rings. The number of benzene rings is 1. The lowest BCUT2D eigenvalue weighted by Crippen LogP contribution is -2.26. The third kappa shape index (κ3) is 3.16. The van der Waals surface area contributed by atoms with Gasteiger partial charge in [0.1, 0.15) is 6.10 Å². The van der Waals surface area contributed by atoms with Crippen molar-refractivity contribution in [1.82, 2.24) is 4.57 Å². The lowest BCUT2D eigenvalue weighted by molar-refractivity contribution is -0.384. The maximum Gasteiger partial charge on any atom is 0.270 e. The van der Waals surface area contributed by atoms with Crippen molar-refractivity contribution in [3.63, 3.8) is 0 Å². The Labute approximate surface area is 141 Å². The van der Waals surface area contributed by atoms with E-state index in [9.17, 15) is 10.1 Å². The molecule has 1 aliphatic rings. The van der Waals surface area contributed by atoms with Crippen molar-refractivity contribution in [3.05, 3.63) is 40.1 Å². The third-order valence-electron chi connectivity index (χ3n) is 4.32. The van der Waals surface area contributed by atoms with E-state index in [0.29, 0.717) is 13.2 Å². The Morgan fingerprint density at radius 2 is 2.04 bits per heavy atom. The van der Waals surface area contributed by atoms with E-state index in [2.05, 4.69) is 25.3 Å². The van der Waals surface area contributed by atoms with Crippen molar-refractivity contribution in [2.75, 3.05) is 6.61 Å². The molecule has 0 saturated carbocycles. The highest BCUT2D eigenvalue weighted by Crippen LogP contribution is 2.33. The van der Waals surface area contributed by atoms with Crippen LogP contribution < -0.4 is 0 Å². The fourth-order valence-electron chi connectivity index (χ4n) is 3.25. The monoisotopic (exact) mass is 332 g/mol. The predicted octanol–water partition coefficient (Wildman–Crippen LogP) is 4.00. The Morgan fingerprint density at radius 3 is 2.58 bits per heavy atom. The molecule has 2 aromatic rings. The van der Waals surface area contributed by atoms with Gasteiger partial charge in [0.2, 0.25) is 0 Å². The number of rotatable bonds is 3. The molecule has 0 aliphatic carbocycles. The Morgan fingerprint density at radius 1 is 1.33 bits per heavy atom. The smallest absolute Gasteiger partial charge is 0.270 e. The first-order valence-electron chi connectivity index (χ1n) is 8.17. The van der Waals surface area contributed by atoms with Crippen LogP contribution in [0.4, 0.5) is 5.69 Å². The zero-order chi connectivity index (χ0) is 17.7. The summed E-state index contributed by atoms with van der Waals surface area (Å²) in [5, 5.41) is 11.9. The molecule has 6 heteroatoms.